The molecule has 108 valence electrons. The van der Waals surface area contributed by atoms with Crippen LogP contribution in [0, 0.1) is 11.7 Å². The SMILES string of the molecule is CC(Cc1cccc(F)c1)C(=O)N1CCCC1C(=O)O. The molecule has 2 rings (SSSR count). The summed E-state index contributed by atoms with van der Waals surface area (Å²) in [5, 5.41) is 9.10. The highest BCUT2D eigenvalue weighted by Gasteiger charge is 2.35. The van der Waals surface area contributed by atoms with Crippen LogP contribution in [0.2, 0.25) is 0 Å². The van der Waals surface area contributed by atoms with Crippen LogP contribution in [0.15, 0.2) is 24.3 Å². The molecule has 0 aromatic heterocycles. The molecular formula is C15H18FNO3. The van der Waals surface area contributed by atoms with Gasteiger partial charge in [0.2, 0.25) is 5.91 Å². The summed E-state index contributed by atoms with van der Waals surface area (Å²) in [6.45, 7) is 2.24. The summed E-state index contributed by atoms with van der Waals surface area (Å²) in [4.78, 5) is 24.9. The Hall–Kier alpha value is -1.91. The fraction of sp³-hybridized carbons (Fsp3) is 0.467. The van der Waals surface area contributed by atoms with Crippen molar-refractivity contribution in [3.63, 3.8) is 0 Å². The second-order valence-electron chi connectivity index (χ2n) is 5.26. The van der Waals surface area contributed by atoms with Gasteiger partial charge >= 0.3 is 5.97 Å². The summed E-state index contributed by atoms with van der Waals surface area (Å²) in [5.41, 5.74) is 0.747. The lowest BCUT2D eigenvalue weighted by Gasteiger charge is -2.25. The number of rotatable bonds is 4. The lowest BCUT2D eigenvalue weighted by Crippen LogP contribution is -2.43. The molecule has 20 heavy (non-hydrogen) atoms. The quantitative estimate of drug-likeness (QED) is 0.918. The Labute approximate surface area is 117 Å². The molecule has 4 nitrogen and oxygen atoms in total. The number of carboxylic acids is 1. The van der Waals surface area contributed by atoms with E-state index in [4.69, 9.17) is 5.11 Å². The van der Waals surface area contributed by atoms with E-state index in [-0.39, 0.29) is 17.6 Å². The molecule has 0 spiro atoms. The second kappa shape index (κ2) is 6.03. The Bertz CT molecular complexity index is 518. The zero-order valence-corrected chi connectivity index (χ0v) is 11.4. The predicted molar refractivity (Wildman–Crippen MR) is 71.6 cm³/mol. The number of halogens is 1. The number of likely N-dealkylation sites (tertiary alicyclic amines) is 1. The van der Waals surface area contributed by atoms with Gasteiger partial charge in [0, 0.05) is 12.5 Å². The molecule has 0 saturated carbocycles. The first-order valence-electron chi connectivity index (χ1n) is 6.76. The molecule has 2 atom stereocenters. The first kappa shape index (κ1) is 14.5. The van der Waals surface area contributed by atoms with Crippen LogP contribution in [0.4, 0.5) is 4.39 Å². The average Bonchev–Trinajstić information content (AvgIpc) is 2.87. The molecule has 1 aromatic rings. The number of hydrogen-bond donors (Lipinski definition) is 1. The van der Waals surface area contributed by atoms with Crippen LogP contribution in [0.5, 0.6) is 0 Å². The van der Waals surface area contributed by atoms with Gasteiger partial charge in [-0.1, -0.05) is 19.1 Å². The van der Waals surface area contributed by atoms with Crippen LogP contribution >= 0.6 is 0 Å². The van der Waals surface area contributed by atoms with Crippen LogP contribution < -0.4 is 0 Å². The van der Waals surface area contributed by atoms with Crippen molar-refractivity contribution in [2.45, 2.75) is 32.2 Å². The highest BCUT2D eigenvalue weighted by atomic mass is 19.1. The maximum absolute atomic E-state index is 13.1. The Morgan fingerprint density at radius 3 is 2.90 bits per heavy atom. The molecule has 1 fully saturated rings. The largest absolute Gasteiger partial charge is 0.480 e. The van der Waals surface area contributed by atoms with Crippen molar-refractivity contribution in [3.8, 4) is 0 Å². The van der Waals surface area contributed by atoms with Crippen LogP contribution in [0.3, 0.4) is 0 Å². The van der Waals surface area contributed by atoms with E-state index in [1.807, 2.05) is 0 Å². The Morgan fingerprint density at radius 1 is 1.50 bits per heavy atom. The standard InChI is InChI=1S/C15H18FNO3/c1-10(8-11-4-2-5-12(16)9-11)14(18)17-7-3-6-13(17)15(19)20/h2,4-5,9-10,13H,3,6-8H2,1H3,(H,19,20). The third kappa shape index (κ3) is 3.15. The van der Waals surface area contributed by atoms with E-state index >= 15 is 0 Å². The average molecular weight is 279 g/mol. The molecule has 1 aliphatic rings. The van der Waals surface area contributed by atoms with Gasteiger partial charge in [-0.15, -0.1) is 0 Å². The van der Waals surface area contributed by atoms with Crippen LogP contribution in [0.25, 0.3) is 0 Å². The van der Waals surface area contributed by atoms with Crippen molar-refractivity contribution >= 4 is 11.9 Å². The summed E-state index contributed by atoms with van der Waals surface area (Å²) >= 11 is 0. The minimum atomic E-state index is -0.950. The summed E-state index contributed by atoms with van der Waals surface area (Å²) in [6.07, 6.45) is 1.64. The number of aliphatic carboxylic acids is 1. The summed E-state index contributed by atoms with van der Waals surface area (Å²) in [5.74, 6) is -1.79. The van der Waals surface area contributed by atoms with Crippen molar-refractivity contribution in [2.75, 3.05) is 6.54 Å². The number of carbonyl (C=O) groups excluding carboxylic acids is 1. The predicted octanol–water partition coefficient (Wildman–Crippen LogP) is 2.08. The summed E-state index contributed by atoms with van der Waals surface area (Å²) in [6, 6.07) is 5.43. The van der Waals surface area contributed by atoms with Gasteiger partial charge in [-0.05, 0) is 37.0 Å². The van der Waals surface area contributed by atoms with Gasteiger partial charge in [0.1, 0.15) is 11.9 Å². The van der Waals surface area contributed by atoms with Gasteiger partial charge in [0.15, 0.2) is 0 Å². The van der Waals surface area contributed by atoms with Gasteiger partial charge in [0.05, 0.1) is 0 Å². The molecular weight excluding hydrogens is 261 g/mol. The van der Waals surface area contributed by atoms with E-state index < -0.39 is 12.0 Å². The maximum Gasteiger partial charge on any atom is 0.326 e. The fourth-order valence-corrected chi connectivity index (χ4v) is 2.68. The Morgan fingerprint density at radius 2 is 2.25 bits per heavy atom. The first-order valence-corrected chi connectivity index (χ1v) is 6.76. The molecule has 1 heterocycles. The molecule has 0 aliphatic carbocycles. The highest BCUT2D eigenvalue weighted by Crippen LogP contribution is 2.21. The molecule has 1 aromatic carbocycles. The number of carboxylic acid groups (broad SMARTS) is 1. The van der Waals surface area contributed by atoms with E-state index in [1.165, 1.54) is 17.0 Å². The van der Waals surface area contributed by atoms with E-state index in [2.05, 4.69) is 0 Å². The number of amides is 1. The lowest BCUT2D eigenvalue weighted by atomic mass is 9.99. The van der Waals surface area contributed by atoms with E-state index in [1.54, 1.807) is 19.1 Å². The van der Waals surface area contributed by atoms with E-state index in [0.717, 1.165) is 12.0 Å². The highest BCUT2D eigenvalue weighted by molar-refractivity contribution is 5.85. The maximum atomic E-state index is 13.1. The van der Waals surface area contributed by atoms with Gasteiger partial charge in [-0.2, -0.15) is 0 Å². The Balaban J connectivity index is 2.03. The van der Waals surface area contributed by atoms with Crippen molar-refractivity contribution in [1.29, 1.82) is 0 Å². The van der Waals surface area contributed by atoms with Crippen molar-refractivity contribution in [1.82, 2.24) is 4.90 Å². The molecule has 0 radical (unpaired) electrons. The topological polar surface area (TPSA) is 57.6 Å². The lowest BCUT2D eigenvalue weighted by molar-refractivity contribution is -0.149. The number of carbonyl (C=O) groups is 2. The molecule has 1 N–H and O–H groups in total. The van der Waals surface area contributed by atoms with Crippen molar-refractivity contribution in [2.24, 2.45) is 5.92 Å². The number of nitrogens with zero attached hydrogens (tertiary/aromatic N) is 1. The Kier molecular flexibility index (Phi) is 4.37. The first-order chi connectivity index (χ1) is 9.49. The minimum absolute atomic E-state index is 0.167. The smallest absolute Gasteiger partial charge is 0.326 e. The van der Waals surface area contributed by atoms with E-state index in [9.17, 15) is 14.0 Å². The van der Waals surface area contributed by atoms with Crippen LogP contribution in [0.1, 0.15) is 25.3 Å². The zero-order chi connectivity index (χ0) is 14.7. The molecule has 0 bridgehead atoms. The van der Waals surface area contributed by atoms with Gasteiger partial charge < -0.3 is 10.0 Å². The van der Waals surface area contributed by atoms with E-state index in [0.29, 0.717) is 19.4 Å². The van der Waals surface area contributed by atoms with Gasteiger partial charge in [-0.25, -0.2) is 9.18 Å². The monoisotopic (exact) mass is 279 g/mol. The minimum Gasteiger partial charge on any atom is -0.480 e. The third-order valence-corrected chi connectivity index (χ3v) is 3.67. The van der Waals surface area contributed by atoms with Crippen LogP contribution in [-0.4, -0.2) is 34.5 Å². The number of benzene rings is 1. The van der Waals surface area contributed by atoms with Gasteiger partial charge in [0.25, 0.3) is 0 Å². The molecule has 1 aliphatic heterocycles. The van der Waals surface area contributed by atoms with Crippen LogP contribution in [-0.2, 0) is 16.0 Å². The normalized spacial score (nSPS) is 19.9. The molecule has 5 heteroatoms. The summed E-state index contributed by atoms with van der Waals surface area (Å²) in [7, 11) is 0. The summed E-state index contributed by atoms with van der Waals surface area (Å²) < 4.78 is 13.1. The fourth-order valence-electron chi connectivity index (χ4n) is 2.68. The molecule has 1 saturated heterocycles. The third-order valence-electron chi connectivity index (χ3n) is 3.67. The second-order valence-corrected chi connectivity index (χ2v) is 5.26. The number of hydrogen-bond acceptors (Lipinski definition) is 2. The zero-order valence-electron chi connectivity index (χ0n) is 11.4. The van der Waals surface area contributed by atoms with Crippen molar-refractivity contribution in [3.05, 3.63) is 35.6 Å². The van der Waals surface area contributed by atoms with Gasteiger partial charge in [-0.3, -0.25) is 4.79 Å². The molecule has 1 amide bonds. The van der Waals surface area contributed by atoms with Crippen molar-refractivity contribution < 1.29 is 19.1 Å². The molecule has 2 unspecified atom stereocenters.